The smallest absolute Gasteiger partial charge is 0.252 e. The zero-order valence-electron chi connectivity index (χ0n) is 19.0. The van der Waals surface area contributed by atoms with Gasteiger partial charge in [-0.2, -0.15) is 0 Å². The van der Waals surface area contributed by atoms with E-state index in [0.717, 1.165) is 48.8 Å². The van der Waals surface area contributed by atoms with E-state index < -0.39 is 5.91 Å². The molecule has 1 aliphatic carbocycles. The maximum atomic E-state index is 14.6. The van der Waals surface area contributed by atoms with Gasteiger partial charge in [0.15, 0.2) is 0 Å². The number of ether oxygens (including phenoxy) is 1. The Morgan fingerprint density at radius 1 is 1.18 bits per heavy atom. The molecule has 182 valence electrons. The lowest BCUT2D eigenvalue weighted by atomic mass is 9.97. The highest BCUT2D eigenvalue weighted by atomic mass is 35.5. The number of aromatic nitrogens is 1. The van der Waals surface area contributed by atoms with Crippen molar-refractivity contribution in [2.75, 3.05) is 19.7 Å². The van der Waals surface area contributed by atoms with E-state index in [2.05, 4.69) is 9.88 Å². The van der Waals surface area contributed by atoms with E-state index in [9.17, 15) is 13.6 Å². The Morgan fingerprint density at radius 2 is 2.00 bits per heavy atom. The number of primary amides is 1. The number of benzene rings is 2. The molecule has 1 saturated carbocycles. The van der Waals surface area contributed by atoms with Crippen molar-refractivity contribution >= 4 is 29.2 Å². The Bertz CT molecular complexity index is 1180. The molecule has 2 aliphatic rings. The third kappa shape index (κ3) is 5.20. The second-order valence-corrected chi connectivity index (χ2v) is 9.34. The Morgan fingerprint density at radius 3 is 2.76 bits per heavy atom. The molecule has 5 nitrogen and oxygen atoms in total. The van der Waals surface area contributed by atoms with Gasteiger partial charge in [-0.25, -0.2) is 8.78 Å². The number of carbonyl (C=O) groups is 1. The molecular weight excluding hydrogens is 460 g/mol. The summed E-state index contributed by atoms with van der Waals surface area (Å²) in [7, 11) is 0. The summed E-state index contributed by atoms with van der Waals surface area (Å²) in [6.07, 6.45) is 7.80. The Hall–Kier alpha value is -2.64. The van der Waals surface area contributed by atoms with Gasteiger partial charge in [0.1, 0.15) is 24.0 Å². The van der Waals surface area contributed by atoms with E-state index in [1.54, 1.807) is 12.1 Å². The van der Waals surface area contributed by atoms with E-state index >= 15 is 0 Å². The lowest BCUT2D eigenvalue weighted by molar-refractivity contribution is 0.0969. The molecule has 1 amide bonds. The number of aryl methyl sites for hydroxylation is 1. The number of rotatable bonds is 9. The van der Waals surface area contributed by atoms with Crippen molar-refractivity contribution < 1.29 is 18.3 Å². The van der Waals surface area contributed by atoms with E-state index in [1.807, 2.05) is 6.20 Å². The summed E-state index contributed by atoms with van der Waals surface area (Å²) in [6, 6.07) is 7.60. The van der Waals surface area contributed by atoms with Crippen molar-refractivity contribution in [3.63, 3.8) is 0 Å². The number of nitrogens with two attached hydrogens (primary N) is 1. The number of halogens is 3. The summed E-state index contributed by atoms with van der Waals surface area (Å²) in [5.41, 5.74) is 8.23. The average Bonchev–Trinajstić information content (AvgIpc) is 3.54. The van der Waals surface area contributed by atoms with Gasteiger partial charge in [0.05, 0.1) is 5.56 Å². The maximum Gasteiger partial charge on any atom is 0.252 e. The molecule has 3 aromatic rings. The highest BCUT2D eigenvalue weighted by Gasteiger charge is 2.33. The fourth-order valence-electron chi connectivity index (χ4n) is 4.90. The molecule has 8 heteroatoms. The minimum atomic E-state index is -0.600. The van der Waals surface area contributed by atoms with Gasteiger partial charge in [-0.3, -0.25) is 9.69 Å². The van der Waals surface area contributed by atoms with Crippen molar-refractivity contribution in [3.05, 3.63) is 64.9 Å². The summed E-state index contributed by atoms with van der Waals surface area (Å²) in [6.45, 7) is 2.30. The molecule has 1 aliphatic heterocycles. The molecule has 34 heavy (non-hydrogen) atoms. The summed E-state index contributed by atoms with van der Waals surface area (Å²) in [4.78, 5) is 17.4. The third-order valence-corrected chi connectivity index (χ3v) is 6.91. The van der Waals surface area contributed by atoms with Crippen LogP contribution in [0.25, 0.3) is 10.9 Å². The fraction of sp³-hybridized carbons (Fsp3) is 0.423. The molecule has 1 fully saturated rings. The normalized spacial score (nSPS) is 17.3. The van der Waals surface area contributed by atoms with Gasteiger partial charge >= 0.3 is 0 Å². The zero-order valence-corrected chi connectivity index (χ0v) is 19.8. The maximum absolute atomic E-state index is 14.6. The number of hydrogen-bond acceptors (Lipinski definition) is 3. The summed E-state index contributed by atoms with van der Waals surface area (Å²) in [5.74, 6) is -0.168. The van der Waals surface area contributed by atoms with Gasteiger partial charge in [-0.15, -0.1) is 12.4 Å². The summed E-state index contributed by atoms with van der Waals surface area (Å²) in [5, 5.41) is 0.947. The van der Waals surface area contributed by atoms with Gasteiger partial charge < -0.3 is 15.5 Å². The standard InChI is InChI=1S/C26H29F2N3O2.ClH/c27-18-6-9-24-21(11-18)17(13-30-24)3-1-2-10-31(14-16-4-5-16)19-12-22-23(28)8-7-20(26(29)32)25(22)33-15-19;/h6-9,11,13,16,19,30H,1-5,10,12,14-15H2,(H2,29,32);1H. The topological polar surface area (TPSA) is 71.4 Å². The van der Waals surface area contributed by atoms with Crippen molar-refractivity contribution in [2.45, 2.75) is 44.6 Å². The quantitative estimate of drug-likeness (QED) is 0.415. The van der Waals surface area contributed by atoms with E-state index in [4.69, 9.17) is 10.5 Å². The predicted octanol–water partition coefficient (Wildman–Crippen LogP) is 5.01. The van der Waals surface area contributed by atoms with Gasteiger partial charge in [0.25, 0.3) is 5.91 Å². The molecule has 1 aromatic heterocycles. The molecule has 2 heterocycles. The number of amides is 1. The molecule has 1 atom stereocenters. The van der Waals surface area contributed by atoms with Crippen LogP contribution < -0.4 is 10.5 Å². The molecule has 1 unspecified atom stereocenters. The monoisotopic (exact) mass is 489 g/mol. The van der Waals surface area contributed by atoms with Gasteiger partial charge in [-0.1, -0.05) is 0 Å². The fourth-order valence-corrected chi connectivity index (χ4v) is 4.90. The Labute approximate surface area is 204 Å². The molecule has 0 bridgehead atoms. The minimum Gasteiger partial charge on any atom is -0.491 e. The van der Waals surface area contributed by atoms with Crippen LogP contribution in [0, 0.1) is 17.6 Å². The number of aromatic amines is 1. The van der Waals surface area contributed by atoms with E-state index in [1.165, 1.54) is 31.0 Å². The number of nitrogens with zero attached hydrogens (tertiary/aromatic N) is 1. The number of nitrogens with one attached hydrogen (secondary N) is 1. The van der Waals surface area contributed by atoms with Crippen LogP contribution in [-0.4, -0.2) is 41.5 Å². The molecule has 3 N–H and O–H groups in total. The van der Waals surface area contributed by atoms with Gasteiger partial charge in [-0.05, 0) is 86.9 Å². The molecule has 5 rings (SSSR count). The molecule has 0 saturated heterocycles. The van der Waals surface area contributed by atoms with Crippen LogP contribution >= 0.6 is 12.4 Å². The Kier molecular flexibility index (Phi) is 7.43. The SMILES string of the molecule is Cl.NC(=O)c1ccc(F)c2c1OCC(N(CCCCc1c[nH]c3ccc(F)cc13)CC1CC1)C2. The summed E-state index contributed by atoms with van der Waals surface area (Å²) >= 11 is 0. The first-order valence-electron chi connectivity index (χ1n) is 11.7. The number of unbranched alkanes of at least 4 members (excludes halogenated alkanes) is 1. The second-order valence-electron chi connectivity index (χ2n) is 9.34. The lowest BCUT2D eigenvalue weighted by Gasteiger charge is -2.36. The first-order chi connectivity index (χ1) is 16.0. The highest BCUT2D eigenvalue weighted by Crippen LogP contribution is 2.35. The van der Waals surface area contributed by atoms with Crippen LogP contribution in [0.5, 0.6) is 5.75 Å². The number of fused-ring (bicyclic) bond motifs is 2. The number of hydrogen-bond donors (Lipinski definition) is 2. The van der Waals surface area contributed by atoms with Crippen molar-refractivity contribution in [3.8, 4) is 5.75 Å². The summed E-state index contributed by atoms with van der Waals surface area (Å²) < 4.78 is 34.1. The molecular formula is C26H30ClF2N3O2. The first kappa shape index (κ1) is 24.5. The van der Waals surface area contributed by atoms with Crippen LogP contribution in [0.1, 0.15) is 47.2 Å². The van der Waals surface area contributed by atoms with Crippen LogP contribution in [0.15, 0.2) is 36.5 Å². The van der Waals surface area contributed by atoms with E-state index in [-0.39, 0.29) is 35.6 Å². The second kappa shape index (κ2) is 10.3. The van der Waals surface area contributed by atoms with Crippen molar-refractivity contribution in [1.29, 1.82) is 0 Å². The highest BCUT2D eigenvalue weighted by molar-refractivity contribution is 5.96. The zero-order chi connectivity index (χ0) is 22.9. The van der Waals surface area contributed by atoms with Crippen LogP contribution in [0.4, 0.5) is 8.78 Å². The van der Waals surface area contributed by atoms with E-state index in [0.29, 0.717) is 30.3 Å². The Balaban J connectivity index is 0.00000274. The minimum absolute atomic E-state index is 0. The van der Waals surface area contributed by atoms with Crippen LogP contribution in [0.3, 0.4) is 0 Å². The molecule has 0 spiro atoms. The molecule has 0 radical (unpaired) electrons. The number of H-pyrrole nitrogens is 1. The molecule has 2 aromatic carbocycles. The van der Waals surface area contributed by atoms with Crippen molar-refractivity contribution in [1.82, 2.24) is 9.88 Å². The number of carbonyl (C=O) groups excluding carboxylic acids is 1. The van der Waals surface area contributed by atoms with Gasteiger partial charge in [0.2, 0.25) is 0 Å². The van der Waals surface area contributed by atoms with Crippen LogP contribution in [-0.2, 0) is 12.8 Å². The average molecular weight is 490 g/mol. The first-order valence-corrected chi connectivity index (χ1v) is 11.7. The van der Waals surface area contributed by atoms with Gasteiger partial charge in [0, 0.05) is 35.2 Å². The third-order valence-electron chi connectivity index (χ3n) is 6.91. The predicted molar refractivity (Wildman–Crippen MR) is 131 cm³/mol. The largest absolute Gasteiger partial charge is 0.491 e. The lowest BCUT2D eigenvalue weighted by Crippen LogP contribution is -2.45. The van der Waals surface area contributed by atoms with Crippen LogP contribution in [0.2, 0.25) is 0 Å². The van der Waals surface area contributed by atoms with Crippen molar-refractivity contribution in [2.24, 2.45) is 11.7 Å².